The molecule has 0 aromatic heterocycles. The summed E-state index contributed by atoms with van der Waals surface area (Å²) in [5.41, 5.74) is 1.46. The van der Waals surface area contributed by atoms with E-state index in [4.69, 9.17) is 0 Å². The molecule has 0 spiro atoms. The number of carbonyl (C=O) groups is 3. The maximum absolute atomic E-state index is 13.8. The summed E-state index contributed by atoms with van der Waals surface area (Å²) < 4.78 is 0. The van der Waals surface area contributed by atoms with E-state index in [1.165, 1.54) is 0 Å². The fourth-order valence-electron chi connectivity index (χ4n) is 5.85. The lowest BCUT2D eigenvalue weighted by Crippen LogP contribution is -2.51. The maximum Gasteiger partial charge on any atom is 0.327 e. The average Bonchev–Trinajstić information content (AvgIpc) is 2.90. The predicted octanol–water partition coefficient (Wildman–Crippen LogP) is 6.03. The van der Waals surface area contributed by atoms with Crippen LogP contribution in [0.15, 0.2) is 91.0 Å². The van der Waals surface area contributed by atoms with Crippen LogP contribution in [0, 0.1) is 0 Å². The van der Waals surface area contributed by atoms with Crippen LogP contribution >= 0.6 is 0 Å². The molecule has 0 fully saturated rings. The number of hydrogen-bond donors (Lipinski definition) is 1. The summed E-state index contributed by atoms with van der Waals surface area (Å²) in [7, 11) is 0. The van der Waals surface area contributed by atoms with Gasteiger partial charge < -0.3 is 5.11 Å². The number of benzene rings is 6. The first-order valence-electron chi connectivity index (χ1n) is 11.8. The van der Waals surface area contributed by atoms with Gasteiger partial charge in [0, 0.05) is 22.9 Å². The Kier molecular flexibility index (Phi) is 4.21. The largest absolute Gasteiger partial charge is 0.480 e. The molecule has 5 nitrogen and oxygen atoms in total. The summed E-state index contributed by atoms with van der Waals surface area (Å²) in [6.07, 6.45) is 0.0394. The van der Waals surface area contributed by atoms with E-state index in [9.17, 15) is 19.5 Å². The minimum Gasteiger partial charge on any atom is -0.480 e. The second kappa shape index (κ2) is 7.36. The molecule has 0 saturated heterocycles. The van der Waals surface area contributed by atoms with E-state index in [2.05, 4.69) is 24.3 Å². The lowest BCUT2D eigenvalue weighted by Gasteiger charge is -2.32. The molecule has 0 radical (unpaired) electrons. The van der Waals surface area contributed by atoms with Crippen LogP contribution in [0.1, 0.15) is 26.3 Å². The Bertz CT molecular complexity index is 1790. The molecular weight excluding hydrogens is 450 g/mol. The Morgan fingerprint density at radius 1 is 0.639 bits per heavy atom. The van der Waals surface area contributed by atoms with Crippen LogP contribution < -0.4 is 0 Å². The maximum atomic E-state index is 13.8. The fourth-order valence-corrected chi connectivity index (χ4v) is 5.85. The standard InChI is InChI=1S/C31H19NO4/c33-29-23-14-12-21-19-10-4-8-18-9-5-11-20(26(18)19)22-13-15-24(28(23)27(21)22)30(34)32(29)25(31(35)36)16-17-6-2-1-3-7-17/h1-15,25H,16H2,(H,35,36)/t25-/m1/s1. The molecule has 0 saturated carbocycles. The smallest absolute Gasteiger partial charge is 0.327 e. The molecule has 36 heavy (non-hydrogen) atoms. The Hall–Kier alpha value is -4.77. The quantitative estimate of drug-likeness (QED) is 0.194. The third kappa shape index (κ3) is 2.68. The molecule has 172 valence electrons. The summed E-state index contributed by atoms with van der Waals surface area (Å²) in [6.45, 7) is 0. The first kappa shape index (κ1) is 20.6. The Morgan fingerprint density at radius 2 is 1.19 bits per heavy atom. The lowest BCUT2D eigenvalue weighted by atomic mass is 9.84. The normalized spacial score (nSPS) is 14.4. The third-order valence-corrected chi connectivity index (χ3v) is 7.41. The number of amides is 2. The third-order valence-electron chi connectivity index (χ3n) is 7.41. The Labute approximate surface area is 205 Å². The molecule has 5 heteroatoms. The molecule has 0 unspecified atom stereocenters. The van der Waals surface area contributed by atoms with E-state index < -0.39 is 23.8 Å². The van der Waals surface area contributed by atoms with Crippen LogP contribution in [0.5, 0.6) is 0 Å². The van der Waals surface area contributed by atoms with Gasteiger partial charge in [0.1, 0.15) is 6.04 Å². The average molecular weight is 469 g/mol. The molecule has 1 atom stereocenters. The molecule has 1 heterocycles. The van der Waals surface area contributed by atoms with Crippen LogP contribution in [0.25, 0.3) is 43.1 Å². The monoisotopic (exact) mass is 469 g/mol. The van der Waals surface area contributed by atoms with Gasteiger partial charge >= 0.3 is 5.97 Å². The van der Waals surface area contributed by atoms with Crippen molar-refractivity contribution in [3.8, 4) is 0 Å². The Morgan fingerprint density at radius 3 is 1.75 bits per heavy atom. The Balaban J connectivity index is 1.49. The molecule has 1 aliphatic rings. The van der Waals surface area contributed by atoms with E-state index in [1.807, 2.05) is 42.5 Å². The number of carboxylic acid groups (broad SMARTS) is 1. The number of imide groups is 1. The van der Waals surface area contributed by atoms with Crippen molar-refractivity contribution >= 4 is 60.9 Å². The number of aliphatic carboxylic acids is 1. The van der Waals surface area contributed by atoms with E-state index in [-0.39, 0.29) is 6.42 Å². The molecule has 1 aliphatic heterocycles. The summed E-state index contributed by atoms with van der Waals surface area (Å²) in [5.74, 6) is -2.36. The van der Waals surface area contributed by atoms with Crippen molar-refractivity contribution in [3.05, 3.63) is 108 Å². The molecule has 6 aromatic rings. The highest BCUT2D eigenvalue weighted by atomic mass is 16.4. The summed E-state index contributed by atoms with van der Waals surface area (Å²) >= 11 is 0. The number of fused-ring (bicyclic) bond motifs is 2. The highest BCUT2D eigenvalue weighted by molar-refractivity contribution is 6.38. The number of carboxylic acids is 1. The minimum absolute atomic E-state index is 0.0394. The van der Waals surface area contributed by atoms with Gasteiger partial charge in [0.2, 0.25) is 0 Å². The van der Waals surface area contributed by atoms with E-state index in [1.54, 1.807) is 24.3 Å². The van der Waals surface area contributed by atoms with E-state index in [0.29, 0.717) is 16.5 Å². The second-order valence-corrected chi connectivity index (χ2v) is 9.30. The number of carbonyl (C=O) groups excluding carboxylic acids is 2. The minimum atomic E-state index is -1.31. The van der Waals surface area contributed by atoms with Crippen molar-refractivity contribution < 1.29 is 19.5 Å². The first-order chi connectivity index (χ1) is 17.5. The van der Waals surface area contributed by atoms with Crippen LogP contribution in [-0.4, -0.2) is 33.8 Å². The zero-order valence-corrected chi connectivity index (χ0v) is 19.1. The van der Waals surface area contributed by atoms with Crippen LogP contribution in [-0.2, 0) is 11.2 Å². The second-order valence-electron chi connectivity index (χ2n) is 9.30. The van der Waals surface area contributed by atoms with Crippen LogP contribution in [0.4, 0.5) is 0 Å². The first-order valence-corrected chi connectivity index (χ1v) is 11.8. The molecule has 0 bridgehead atoms. The summed E-state index contributed by atoms with van der Waals surface area (Å²) in [5, 5.41) is 17.9. The molecule has 0 aliphatic carbocycles. The van der Waals surface area contributed by atoms with Crippen molar-refractivity contribution in [1.82, 2.24) is 4.90 Å². The fraction of sp³-hybridized carbons (Fsp3) is 0.0645. The van der Waals surface area contributed by atoms with Crippen molar-refractivity contribution in [2.75, 3.05) is 0 Å². The topological polar surface area (TPSA) is 74.7 Å². The summed E-state index contributed by atoms with van der Waals surface area (Å²) in [6, 6.07) is 27.4. The van der Waals surface area contributed by atoms with E-state index >= 15 is 0 Å². The van der Waals surface area contributed by atoms with Crippen LogP contribution in [0.2, 0.25) is 0 Å². The van der Waals surface area contributed by atoms with E-state index in [0.717, 1.165) is 48.2 Å². The zero-order valence-electron chi connectivity index (χ0n) is 19.1. The molecular formula is C31H19NO4. The van der Waals surface area contributed by atoms with Gasteiger partial charge in [-0.25, -0.2) is 4.79 Å². The molecule has 6 aromatic carbocycles. The van der Waals surface area contributed by atoms with Gasteiger partial charge in [-0.3, -0.25) is 14.5 Å². The highest BCUT2D eigenvalue weighted by Gasteiger charge is 2.41. The molecule has 2 amide bonds. The highest BCUT2D eigenvalue weighted by Crippen LogP contribution is 2.44. The van der Waals surface area contributed by atoms with Crippen molar-refractivity contribution in [2.24, 2.45) is 0 Å². The number of rotatable bonds is 4. The van der Waals surface area contributed by atoms with Crippen LogP contribution in [0.3, 0.4) is 0 Å². The van der Waals surface area contributed by atoms with Gasteiger partial charge in [-0.15, -0.1) is 0 Å². The summed E-state index contributed by atoms with van der Waals surface area (Å²) in [4.78, 5) is 40.7. The van der Waals surface area contributed by atoms with Gasteiger partial charge in [-0.1, -0.05) is 78.9 Å². The van der Waals surface area contributed by atoms with Gasteiger partial charge in [0.05, 0.1) is 0 Å². The predicted molar refractivity (Wildman–Crippen MR) is 140 cm³/mol. The number of nitrogens with zero attached hydrogens (tertiary/aromatic N) is 1. The van der Waals surface area contributed by atoms with Gasteiger partial charge in [0.15, 0.2) is 0 Å². The van der Waals surface area contributed by atoms with Gasteiger partial charge in [0.25, 0.3) is 11.8 Å². The molecule has 1 N–H and O–H groups in total. The van der Waals surface area contributed by atoms with Crippen molar-refractivity contribution in [3.63, 3.8) is 0 Å². The van der Waals surface area contributed by atoms with Gasteiger partial charge in [-0.2, -0.15) is 0 Å². The zero-order chi connectivity index (χ0) is 24.6. The molecule has 7 rings (SSSR count). The van der Waals surface area contributed by atoms with Gasteiger partial charge in [-0.05, 0) is 55.4 Å². The van der Waals surface area contributed by atoms with Crippen molar-refractivity contribution in [2.45, 2.75) is 12.5 Å². The number of hydrogen-bond acceptors (Lipinski definition) is 3. The SMILES string of the molecule is O=C(O)[C@@H](Cc1ccccc1)N1C(=O)c2ccc3c4cccc5cccc(c6ccc(c2c36)C1=O)c54. The lowest BCUT2D eigenvalue weighted by molar-refractivity contribution is -0.141. The van der Waals surface area contributed by atoms with Crippen molar-refractivity contribution in [1.29, 1.82) is 0 Å².